The summed E-state index contributed by atoms with van der Waals surface area (Å²) in [4.78, 5) is 3.76. The summed E-state index contributed by atoms with van der Waals surface area (Å²) in [6.45, 7) is 5.38. The highest BCUT2D eigenvalue weighted by atomic mass is 32.2. The molecule has 0 fully saturated rings. The van der Waals surface area contributed by atoms with Crippen molar-refractivity contribution in [3.05, 3.63) is 18.2 Å². The molecule has 0 radical (unpaired) electrons. The summed E-state index contributed by atoms with van der Waals surface area (Å²) in [6, 6.07) is 6.30. The van der Waals surface area contributed by atoms with Gasteiger partial charge in [-0.1, -0.05) is 13.0 Å². The van der Waals surface area contributed by atoms with E-state index in [1.165, 1.54) is 10.6 Å². The van der Waals surface area contributed by atoms with Crippen LogP contribution in [0.15, 0.2) is 23.1 Å². The Morgan fingerprint density at radius 3 is 3.06 bits per heavy atom. The summed E-state index contributed by atoms with van der Waals surface area (Å²) in [7, 11) is 3.74. The molecule has 1 aliphatic heterocycles. The first-order valence-corrected chi connectivity index (χ1v) is 6.87. The summed E-state index contributed by atoms with van der Waals surface area (Å²) in [6.07, 6.45) is 0. The number of likely N-dealkylation sites (N-methyl/N-ethyl adjacent to an activating group) is 1. The van der Waals surface area contributed by atoms with Crippen LogP contribution in [-0.4, -0.2) is 39.0 Å². The van der Waals surface area contributed by atoms with Gasteiger partial charge in [0.25, 0.3) is 0 Å². The van der Waals surface area contributed by atoms with E-state index in [2.05, 4.69) is 29.3 Å². The number of hydrogen-bond donors (Lipinski definition) is 1. The van der Waals surface area contributed by atoms with Gasteiger partial charge in [-0.2, -0.15) is 0 Å². The Labute approximate surface area is 108 Å². The predicted molar refractivity (Wildman–Crippen MR) is 74.5 cm³/mol. The fourth-order valence-electron chi connectivity index (χ4n) is 2.18. The van der Waals surface area contributed by atoms with Gasteiger partial charge in [-0.05, 0) is 19.2 Å². The molecule has 0 saturated heterocycles. The Kier molecular flexibility index (Phi) is 4.18. The maximum Gasteiger partial charge on any atom is 0.143 e. The first-order valence-electron chi connectivity index (χ1n) is 5.99. The highest BCUT2D eigenvalue weighted by Crippen LogP contribution is 2.43. The van der Waals surface area contributed by atoms with Crippen LogP contribution in [0.5, 0.6) is 5.75 Å². The molecule has 94 valence electrons. The van der Waals surface area contributed by atoms with Crippen molar-refractivity contribution >= 4 is 17.4 Å². The average molecular weight is 252 g/mol. The van der Waals surface area contributed by atoms with E-state index in [0.717, 1.165) is 25.4 Å². The molecule has 17 heavy (non-hydrogen) atoms. The minimum Gasteiger partial charge on any atom is -0.495 e. The minimum absolute atomic E-state index is 0.631. The van der Waals surface area contributed by atoms with Crippen LogP contribution in [0.1, 0.15) is 6.92 Å². The van der Waals surface area contributed by atoms with E-state index in [0.29, 0.717) is 5.25 Å². The number of nitrogens with one attached hydrogen (secondary N) is 1. The number of thioether (sulfide) groups is 1. The largest absolute Gasteiger partial charge is 0.495 e. The van der Waals surface area contributed by atoms with Crippen molar-refractivity contribution in [2.75, 3.05) is 38.7 Å². The van der Waals surface area contributed by atoms with E-state index in [9.17, 15) is 0 Å². The summed E-state index contributed by atoms with van der Waals surface area (Å²) < 4.78 is 5.48. The molecule has 2 rings (SSSR count). The molecule has 1 atom stereocenters. The summed E-state index contributed by atoms with van der Waals surface area (Å²) in [5.74, 6) is 0.984. The zero-order valence-electron chi connectivity index (χ0n) is 10.7. The third-order valence-corrected chi connectivity index (χ3v) is 4.07. The third-order valence-electron chi connectivity index (χ3n) is 2.94. The molecule has 0 aliphatic carbocycles. The van der Waals surface area contributed by atoms with Gasteiger partial charge in [0.1, 0.15) is 5.75 Å². The fraction of sp³-hybridized carbons (Fsp3) is 0.538. The summed E-state index contributed by atoms with van der Waals surface area (Å²) >= 11 is 1.94. The van der Waals surface area contributed by atoms with Crippen LogP contribution in [0.4, 0.5) is 5.69 Å². The van der Waals surface area contributed by atoms with Crippen molar-refractivity contribution in [2.45, 2.75) is 17.1 Å². The molecule has 1 heterocycles. The zero-order valence-corrected chi connectivity index (χ0v) is 11.5. The maximum absolute atomic E-state index is 5.48. The smallest absolute Gasteiger partial charge is 0.143 e. The molecule has 1 aromatic rings. The van der Waals surface area contributed by atoms with Gasteiger partial charge < -0.3 is 15.0 Å². The van der Waals surface area contributed by atoms with Crippen molar-refractivity contribution in [2.24, 2.45) is 0 Å². The van der Waals surface area contributed by atoms with Crippen molar-refractivity contribution in [1.82, 2.24) is 5.32 Å². The molecular weight excluding hydrogens is 232 g/mol. The Bertz CT molecular complexity index is 384. The molecule has 0 bridgehead atoms. The number of fused-ring (bicyclic) bond motifs is 1. The number of anilines is 1. The second kappa shape index (κ2) is 5.65. The molecular formula is C13H20N2OS. The highest BCUT2D eigenvalue weighted by molar-refractivity contribution is 8.00. The van der Waals surface area contributed by atoms with E-state index < -0.39 is 0 Å². The monoisotopic (exact) mass is 252 g/mol. The number of nitrogens with zero attached hydrogens (tertiary/aromatic N) is 1. The van der Waals surface area contributed by atoms with E-state index in [4.69, 9.17) is 4.74 Å². The van der Waals surface area contributed by atoms with Crippen molar-refractivity contribution in [1.29, 1.82) is 0 Å². The predicted octanol–water partition coefficient (Wildman–Crippen LogP) is 2.22. The number of para-hydroxylation sites is 1. The van der Waals surface area contributed by atoms with E-state index >= 15 is 0 Å². The van der Waals surface area contributed by atoms with Gasteiger partial charge in [-0.3, -0.25) is 0 Å². The van der Waals surface area contributed by atoms with Crippen LogP contribution in [-0.2, 0) is 0 Å². The molecule has 1 N–H and O–H groups in total. The van der Waals surface area contributed by atoms with Gasteiger partial charge in [-0.15, -0.1) is 11.8 Å². The SMILES string of the molecule is CNCCN1CC(C)Sc2cccc(OC)c21. The van der Waals surface area contributed by atoms with Gasteiger partial charge >= 0.3 is 0 Å². The Hall–Kier alpha value is -0.870. The van der Waals surface area contributed by atoms with Crippen LogP contribution in [0.25, 0.3) is 0 Å². The standard InChI is InChI=1S/C13H20N2OS/c1-10-9-15(8-7-14-2)13-11(16-3)5-4-6-12(13)17-10/h4-6,10,14H,7-9H2,1-3H3. The molecule has 1 aromatic carbocycles. The number of methoxy groups -OCH3 is 1. The van der Waals surface area contributed by atoms with E-state index in [1.807, 2.05) is 24.9 Å². The second-order valence-electron chi connectivity index (χ2n) is 4.29. The molecule has 0 amide bonds. The van der Waals surface area contributed by atoms with Crippen LogP contribution in [0, 0.1) is 0 Å². The number of rotatable bonds is 4. The van der Waals surface area contributed by atoms with Gasteiger partial charge in [0.15, 0.2) is 0 Å². The molecule has 4 heteroatoms. The third kappa shape index (κ3) is 2.69. The lowest BCUT2D eigenvalue weighted by atomic mass is 10.2. The quantitative estimate of drug-likeness (QED) is 0.888. The van der Waals surface area contributed by atoms with Crippen LogP contribution < -0.4 is 15.0 Å². The van der Waals surface area contributed by atoms with Crippen molar-refractivity contribution in [3.63, 3.8) is 0 Å². The van der Waals surface area contributed by atoms with Crippen LogP contribution in [0.3, 0.4) is 0 Å². The molecule has 0 saturated carbocycles. The van der Waals surface area contributed by atoms with Crippen molar-refractivity contribution < 1.29 is 4.74 Å². The maximum atomic E-state index is 5.48. The fourth-order valence-corrected chi connectivity index (χ4v) is 3.37. The van der Waals surface area contributed by atoms with Crippen molar-refractivity contribution in [3.8, 4) is 5.75 Å². The molecule has 1 aliphatic rings. The Morgan fingerprint density at radius 2 is 2.35 bits per heavy atom. The molecule has 1 unspecified atom stereocenters. The lowest BCUT2D eigenvalue weighted by Crippen LogP contribution is -2.37. The van der Waals surface area contributed by atoms with Crippen LogP contribution >= 0.6 is 11.8 Å². The number of ether oxygens (including phenoxy) is 1. The van der Waals surface area contributed by atoms with Gasteiger partial charge in [0, 0.05) is 29.8 Å². The zero-order chi connectivity index (χ0) is 12.3. The Balaban J connectivity index is 2.31. The molecule has 3 nitrogen and oxygen atoms in total. The normalized spacial score (nSPS) is 19.0. The van der Waals surface area contributed by atoms with Gasteiger partial charge in [0.2, 0.25) is 0 Å². The van der Waals surface area contributed by atoms with Gasteiger partial charge in [0.05, 0.1) is 12.8 Å². The lowest BCUT2D eigenvalue weighted by molar-refractivity contribution is 0.412. The lowest BCUT2D eigenvalue weighted by Gasteiger charge is -2.35. The summed E-state index contributed by atoms with van der Waals surface area (Å²) in [5.41, 5.74) is 1.26. The average Bonchev–Trinajstić information content (AvgIpc) is 2.34. The first-order chi connectivity index (χ1) is 8.26. The first kappa shape index (κ1) is 12.6. The summed E-state index contributed by atoms with van der Waals surface area (Å²) in [5, 5.41) is 3.84. The van der Waals surface area contributed by atoms with Gasteiger partial charge in [-0.25, -0.2) is 0 Å². The van der Waals surface area contributed by atoms with Crippen LogP contribution in [0.2, 0.25) is 0 Å². The topological polar surface area (TPSA) is 24.5 Å². The minimum atomic E-state index is 0.631. The number of hydrogen-bond acceptors (Lipinski definition) is 4. The van der Waals surface area contributed by atoms with E-state index in [1.54, 1.807) is 7.11 Å². The number of benzene rings is 1. The second-order valence-corrected chi connectivity index (χ2v) is 5.77. The molecule has 0 spiro atoms. The van der Waals surface area contributed by atoms with E-state index in [-0.39, 0.29) is 0 Å². The molecule has 0 aromatic heterocycles. The Morgan fingerprint density at radius 1 is 1.53 bits per heavy atom. The highest BCUT2D eigenvalue weighted by Gasteiger charge is 2.24.